The van der Waals surface area contributed by atoms with Crippen LogP contribution in [0.2, 0.25) is 0 Å². The lowest BCUT2D eigenvalue weighted by molar-refractivity contribution is -0.124. The zero-order valence-corrected chi connectivity index (χ0v) is 12.4. The van der Waals surface area contributed by atoms with E-state index < -0.39 is 0 Å². The normalized spacial score (nSPS) is 28.6. The molecule has 116 valence electrons. The van der Waals surface area contributed by atoms with Gasteiger partial charge in [-0.05, 0) is 42.5 Å². The molecular weight excluding hydrogens is 283 g/mol. The zero-order chi connectivity index (χ0) is 15.7. The van der Waals surface area contributed by atoms with Crippen LogP contribution in [0.4, 0.5) is 10.1 Å². The van der Waals surface area contributed by atoms with Crippen molar-refractivity contribution < 1.29 is 14.0 Å². The second-order valence-corrected chi connectivity index (χ2v) is 5.92. The SMILES string of the molecule is CCC(=O)NC1C2C=CC(C2)C1C(=O)Nc1ccc(F)cc1. The molecule has 22 heavy (non-hydrogen) atoms. The maximum absolute atomic E-state index is 12.9. The molecule has 3 rings (SSSR count). The monoisotopic (exact) mass is 302 g/mol. The van der Waals surface area contributed by atoms with Crippen molar-refractivity contribution in [3.63, 3.8) is 0 Å². The maximum Gasteiger partial charge on any atom is 0.230 e. The first-order chi connectivity index (χ1) is 10.6. The van der Waals surface area contributed by atoms with E-state index in [-0.39, 0.29) is 41.4 Å². The summed E-state index contributed by atoms with van der Waals surface area (Å²) in [5, 5.41) is 5.80. The smallest absolute Gasteiger partial charge is 0.230 e. The molecule has 2 aliphatic rings. The maximum atomic E-state index is 12.9. The Balaban J connectivity index is 1.73. The highest BCUT2D eigenvalue weighted by atomic mass is 19.1. The fourth-order valence-corrected chi connectivity index (χ4v) is 3.42. The molecule has 0 saturated heterocycles. The van der Waals surface area contributed by atoms with Crippen LogP contribution in [0.3, 0.4) is 0 Å². The lowest BCUT2D eigenvalue weighted by Crippen LogP contribution is -2.47. The van der Waals surface area contributed by atoms with Gasteiger partial charge in [0.05, 0.1) is 5.92 Å². The second kappa shape index (κ2) is 5.91. The predicted molar refractivity (Wildman–Crippen MR) is 81.5 cm³/mol. The highest BCUT2D eigenvalue weighted by Crippen LogP contribution is 2.44. The third kappa shape index (κ3) is 2.75. The number of anilines is 1. The summed E-state index contributed by atoms with van der Waals surface area (Å²) in [6.07, 6.45) is 5.46. The van der Waals surface area contributed by atoms with Crippen molar-refractivity contribution in [1.82, 2.24) is 5.32 Å². The zero-order valence-electron chi connectivity index (χ0n) is 12.4. The van der Waals surface area contributed by atoms with Gasteiger partial charge in [-0.1, -0.05) is 19.1 Å². The lowest BCUT2D eigenvalue weighted by atomic mass is 9.88. The number of carbonyl (C=O) groups excluding carboxylic acids is 2. The first-order valence-corrected chi connectivity index (χ1v) is 7.62. The highest BCUT2D eigenvalue weighted by molar-refractivity contribution is 5.94. The fraction of sp³-hybridized carbons (Fsp3) is 0.412. The number of hydrogen-bond donors (Lipinski definition) is 2. The van der Waals surface area contributed by atoms with E-state index in [1.165, 1.54) is 24.3 Å². The van der Waals surface area contributed by atoms with Gasteiger partial charge in [-0.15, -0.1) is 0 Å². The first kappa shape index (κ1) is 14.8. The number of allylic oxidation sites excluding steroid dienone is 1. The quantitative estimate of drug-likeness (QED) is 0.840. The molecule has 4 nitrogen and oxygen atoms in total. The minimum Gasteiger partial charge on any atom is -0.352 e. The van der Waals surface area contributed by atoms with E-state index >= 15 is 0 Å². The molecule has 1 fully saturated rings. The van der Waals surface area contributed by atoms with Crippen LogP contribution >= 0.6 is 0 Å². The van der Waals surface area contributed by atoms with E-state index in [0.29, 0.717) is 12.1 Å². The number of halogens is 1. The molecule has 1 aromatic carbocycles. The Morgan fingerprint density at radius 1 is 1.18 bits per heavy atom. The number of rotatable bonds is 4. The largest absolute Gasteiger partial charge is 0.352 e. The van der Waals surface area contributed by atoms with E-state index in [1.807, 2.05) is 0 Å². The molecular formula is C17H19FN2O2. The third-order valence-corrected chi connectivity index (χ3v) is 4.52. The molecule has 0 aromatic heterocycles. The summed E-state index contributed by atoms with van der Waals surface area (Å²) in [6, 6.07) is 5.55. The van der Waals surface area contributed by atoms with Crippen LogP contribution in [0.5, 0.6) is 0 Å². The number of benzene rings is 1. The Kier molecular flexibility index (Phi) is 3.96. The van der Waals surface area contributed by atoms with Gasteiger partial charge >= 0.3 is 0 Å². The summed E-state index contributed by atoms with van der Waals surface area (Å²) in [5.74, 6) is -0.378. The molecule has 2 amide bonds. The summed E-state index contributed by atoms with van der Waals surface area (Å²) in [4.78, 5) is 24.3. The van der Waals surface area contributed by atoms with Gasteiger partial charge in [0.2, 0.25) is 11.8 Å². The summed E-state index contributed by atoms with van der Waals surface area (Å²) in [7, 11) is 0. The van der Waals surface area contributed by atoms with Crippen LogP contribution in [0.15, 0.2) is 36.4 Å². The van der Waals surface area contributed by atoms with Gasteiger partial charge in [0, 0.05) is 18.2 Å². The Morgan fingerprint density at radius 2 is 1.86 bits per heavy atom. The van der Waals surface area contributed by atoms with Gasteiger partial charge in [0.15, 0.2) is 0 Å². The van der Waals surface area contributed by atoms with Gasteiger partial charge in [-0.2, -0.15) is 0 Å². The highest BCUT2D eigenvalue weighted by Gasteiger charge is 2.48. The Bertz CT molecular complexity index is 612. The van der Waals surface area contributed by atoms with E-state index in [1.54, 1.807) is 6.92 Å². The van der Waals surface area contributed by atoms with Crippen molar-refractivity contribution in [3.8, 4) is 0 Å². The van der Waals surface area contributed by atoms with Crippen molar-refractivity contribution in [2.45, 2.75) is 25.8 Å². The molecule has 0 radical (unpaired) electrons. The molecule has 0 aliphatic heterocycles. The summed E-state index contributed by atoms with van der Waals surface area (Å²) >= 11 is 0. The molecule has 2 bridgehead atoms. The molecule has 1 saturated carbocycles. The average Bonchev–Trinajstić information content (AvgIpc) is 3.10. The van der Waals surface area contributed by atoms with E-state index in [9.17, 15) is 14.0 Å². The van der Waals surface area contributed by atoms with Crippen LogP contribution in [0.1, 0.15) is 19.8 Å². The molecule has 4 atom stereocenters. The standard InChI is InChI=1S/C17H19FN2O2/c1-2-14(21)20-16-11-4-3-10(9-11)15(16)17(22)19-13-7-5-12(18)6-8-13/h3-8,10-11,15-16H,2,9H2,1H3,(H,19,22)(H,20,21). The van der Waals surface area contributed by atoms with E-state index in [4.69, 9.17) is 0 Å². The number of hydrogen-bond acceptors (Lipinski definition) is 2. The van der Waals surface area contributed by atoms with Gasteiger partial charge in [-0.3, -0.25) is 9.59 Å². The van der Waals surface area contributed by atoms with Crippen LogP contribution in [-0.4, -0.2) is 17.9 Å². The molecule has 2 aliphatic carbocycles. The van der Waals surface area contributed by atoms with Gasteiger partial charge in [-0.25, -0.2) is 4.39 Å². The van der Waals surface area contributed by atoms with Crippen LogP contribution in [0, 0.1) is 23.6 Å². The topological polar surface area (TPSA) is 58.2 Å². The van der Waals surface area contributed by atoms with Gasteiger partial charge < -0.3 is 10.6 Å². The number of carbonyl (C=O) groups is 2. The van der Waals surface area contributed by atoms with Crippen LogP contribution in [0.25, 0.3) is 0 Å². The summed E-state index contributed by atoms with van der Waals surface area (Å²) in [5.41, 5.74) is 0.568. The molecule has 0 heterocycles. The van der Waals surface area contributed by atoms with Crippen molar-refractivity contribution in [1.29, 1.82) is 0 Å². The molecule has 1 aromatic rings. The van der Waals surface area contributed by atoms with Crippen LogP contribution < -0.4 is 10.6 Å². The molecule has 0 spiro atoms. The minimum absolute atomic E-state index is 0.0365. The number of amides is 2. The summed E-state index contributed by atoms with van der Waals surface area (Å²) < 4.78 is 12.9. The van der Waals surface area contributed by atoms with Gasteiger partial charge in [0.1, 0.15) is 5.82 Å². The Morgan fingerprint density at radius 3 is 2.55 bits per heavy atom. The van der Waals surface area contributed by atoms with Crippen LogP contribution in [-0.2, 0) is 9.59 Å². The van der Waals surface area contributed by atoms with Crippen molar-refractivity contribution in [2.24, 2.45) is 17.8 Å². The van der Waals surface area contributed by atoms with Gasteiger partial charge in [0.25, 0.3) is 0 Å². The van der Waals surface area contributed by atoms with Crippen molar-refractivity contribution in [2.75, 3.05) is 5.32 Å². The predicted octanol–water partition coefficient (Wildman–Crippen LogP) is 2.48. The Labute approximate surface area is 128 Å². The molecule has 4 unspecified atom stereocenters. The fourth-order valence-electron chi connectivity index (χ4n) is 3.42. The van der Waals surface area contributed by atoms with Crippen molar-refractivity contribution in [3.05, 3.63) is 42.2 Å². The average molecular weight is 302 g/mol. The van der Waals surface area contributed by atoms with E-state index in [0.717, 1.165) is 6.42 Å². The molecule has 5 heteroatoms. The Hall–Kier alpha value is -2.17. The minimum atomic E-state index is -0.339. The number of fused-ring (bicyclic) bond motifs is 2. The third-order valence-electron chi connectivity index (χ3n) is 4.52. The second-order valence-electron chi connectivity index (χ2n) is 5.92. The molecule has 2 N–H and O–H groups in total. The van der Waals surface area contributed by atoms with Crippen molar-refractivity contribution >= 4 is 17.5 Å². The first-order valence-electron chi connectivity index (χ1n) is 7.62. The number of nitrogens with one attached hydrogen (secondary N) is 2. The summed E-state index contributed by atoms with van der Waals surface area (Å²) in [6.45, 7) is 1.80. The lowest BCUT2D eigenvalue weighted by Gasteiger charge is -2.28. The van der Waals surface area contributed by atoms with E-state index in [2.05, 4.69) is 22.8 Å².